The number of hydrogen-bond acceptors (Lipinski definition) is 2. The summed E-state index contributed by atoms with van der Waals surface area (Å²) in [5, 5.41) is 3.22. The van der Waals surface area contributed by atoms with Crippen LogP contribution in [-0.2, 0) is 12.4 Å². The molecule has 0 aliphatic carbocycles. The van der Waals surface area contributed by atoms with E-state index in [4.69, 9.17) is 0 Å². The lowest BCUT2D eigenvalue weighted by molar-refractivity contribution is -0.138. The van der Waals surface area contributed by atoms with E-state index in [1.165, 1.54) is 12.1 Å². The molecule has 0 atom stereocenters. The molecule has 10 aromatic carbocycles. The third-order valence-corrected chi connectivity index (χ3v) is 13.3. The summed E-state index contributed by atoms with van der Waals surface area (Å²) < 4.78 is 94.2. The molecule has 0 aliphatic heterocycles. The zero-order valence-corrected chi connectivity index (χ0v) is 38.2. The van der Waals surface area contributed by atoms with Gasteiger partial charge in [-0.25, -0.2) is 0 Å². The SMILES string of the molecule is FC(F)(F)c1ccc(-n2c3ccccc3c3cc(N(c4ccccc4)c4ccccc4)ccc32)c(-c2cc(C(F)(F)F)ccc2-n2c3ccccc3c3cc(N(c4ccccc4)c4ccccc4)ccc32)c1. The van der Waals surface area contributed by atoms with Crippen LogP contribution in [0.3, 0.4) is 0 Å². The molecule has 72 heavy (non-hydrogen) atoms. The van der Waals surface area contributed by atoms with Gasteiger partial charge in [0.1, 0.15) is 0 Å². The Labute approximate surface area is 410 Å². The van der Waals surface area contributed by atoms with Crippen molar-refractivity contribution in [2.45, 2.75) is 12.4 Å². The van der Waals surface area contributed by atoms with Gasteiger partial charge in [0, 0.05) is 66.8 Å². The number of anilines is 6. The molecule has 0 unspecified atom stereocenters. The highest BCUT2D eigenvalue weighted by Gasteiger charge is 2.35. The third-order valence-electron chi connectivity index (χ3n) is 13.3. The third kappa shape index (κ3) is 7.68. The number of nitrogens with zero attached hydrogens (tertiary/aromatic N) is 4. The predicted octanol–water partition coefficient (Wildman–Crippen LogP) is 18.5. The van der Waals surface area contributed by atoms with Crippen LogP contribution in [0, 0.1) is 0 Å². The number of halogens is 6. The van der Waals surface area contributed by atoms with Crippen molar-refractivity contribution in [1.29, 1.82) is 0 Å². The summed E-state index contributed by atoms with van der Waals surface area (Å²) in [5.41, 5.74) is 6.45. The van der Waals surface area contributed by atoms with Crippen LogP contribution in [0.1, 0.15) is 11.1 Å². The topological polar surface area (TPSA) is 16.3 Å². The van der Waals surface area contributed by atoms with E-state index in [9.17, 15) is 0 Å². The lowest BCUT2D eigenvalue weighted by Crippen LogP contribution is -2.10. The summed E-state index contributed by atoms with van der Waals surface area (Å²) in [6.07, 6.45) is -9.65. The summed E-state index contributed by atoms with van der Waals surface area (Å²) in [6.45, 7) is 0. The van der Waals surface area contributed by atoms with E-state index in [2.05, 4.69) is 21.9 Å². The van der Waals surface area contributed by atoms with Gasteiger partial charge in [0.2, 0.25) is 0 Å². The average molecular weight is 955 g/mol. The van der Waals surface area contributed by atoms with Crippen LogP contribution in [0.5, 0.6) is 0 Å². The van der Waals surface area contributed by atoms with Crippen molar-refractivity contribution in [2.75, 3.05) is 9.80 Å². The second kappa shape index (κ2) is 17.4. The Morgan fingerprint density at radius 1 is 0.264 bits per heavy atom. The number of benzene rings is 10. The largest absolute Gasteiger partial charge is 0.416 e. The second-order valence-electron chi connectivity index (χ2n) is 17.6. The molecule has 12 rings (SSSR count). The monoisotopic (exact) mass is 954 g/mol. The maximum Gasteiger partial charge on any atom is 0.416 e. The first-order valence-corrected chi connectivity index (χ1v) is 23.3. The van der Waals surface area contributed by atoms with Crippen molar-refractivity contribution < 1.29 is 26.3 Å². The molecule has 0 bridgehead atoms. The molecule has 350 valence electrons. The van der Waals surface area contributed by atoms with Gasteiger partial charge in [0.25, 0.3) is 0 Å². The summed E-state index contributed by atoms with van der Waals surface area (Å²) in [7, 11) is 0. The predicted molar refractivity (Wildman–Crippen MR) is 280 cm³/mol. The number of rotatable bonds is 9. The molecule has 2 aromatic heterocycles. The Bertz CT molecular complexity index is 3620. The first-order chi connectivity index (χ1) is 35.0. The quantitative estimate of drug-likeness (QED) is 0.134. The summed E-state index contributed by atoms with van der Waals surface area (Å²) >= 11 is 0. The van der Waals surface area contributed by atoms with Crippen LogP contribution >= 0.6 is 0 Å². The number of aromatic nitrogens is 2. The zero-order valence-electron chi connectivity index (χ0n) is 38.2. The molecule has 0 spiro atoms. The number of fused-ring (bicyclic) bond motifs is 6. The summed E-state index contributed by atoms with van der Waals surface area (Å²) in [5.74, 6) is 0. The number of alkyl halides is 6. The van der Waals surface area contributed by atoms with Crippen molar-refractivity contribution in [1.82, 2.24) is 9.13 Å². The molecule has 0 saturated heterocycles. The van der Waals surface area contributed by atoms with Gasteiger partial charge in [-0.2, -0.15) is 26.3 Å². The van der Waals surface area contributed by atoms with Gasteiger partial charge in [-0.15, -0.1) is 0 Å². The van der Waals surface area contributed by atoms with Crippen molar-refractivity contribution in [3.8, 4) is 22.5 Å². The van der Waals surface area contributed by atoms with Crippen LogP contribution in [-0.4, -0.2) is 9.13 Å². The molecular weight excluding hydrogens is 915 g/mol. The maximum absolute atomic E-state index is 15.1. The fraction of sp³-hybridized carbons (Fsp3) is 0.0323. The maximum atomic E-state index is 15.1. The van der Waals surface area contributed by atoms with E-state index >= 15 is 26.3 Å². The summed E-state index contributed by atoms with van der Waals surface area (Å²) in [4.78, 5) is 4.25. The minimum absolute atomic E-state index is 0.0327. The fourth-order valence-electron chi connectivity index (χ4n) is 10.2. The first kappa shape index (κ1) is 44.2. The highest BCUT2D eigenvalue weighted by Crippen LogP contribution is 2.47. The molecule has 0 amide bonds. The van der Waals surface area contributed by atoms with E-state index in [0.29, 0.717) is 22.1 Å². The molecule has 12 aromatic rings. The lowest BCUT2D eigenvalue weighted by Gasteiger charge is -2.25. The van der Waals surface area contributed by atoms with Gasteiger partial charge < -0.3 is 18.9 Å². The van der Waals surface area contributed by atoms with Gasteiger partial charge in [-0.05, 0) is 133 Å². The fourth-order valence-corrected chi connectivity index (χ4v) is 10.2. The lowest BCUT2D eigenvalue weighted by atomic mass is 9.96. The van der Waals surface area contributed by atoms with Gasteiger partial charge in [-0.1, -0.05) is 109 Å². The molecule has 0 radical (unpaired) electrons. The smallest absolute Gasteiger partial charge is 0.310 e. The standard InChI is InChI=1S/C62H40F6N4/c63-61(64,65)41-29-33-57(71-55-27-15-13-25-49(55)53-39-47(31-35-59(53)71)69(43-17-5-1-6-18-43)44-19-7-2-8-20-44)51(37-41)52-38-42(62(66,67)68)30-34-58(52)72-56-28-16-14-26-50(56)54-40-48(32-36-60(54)72)70(45-21-9-3-10-22-45)46-23-11-4-12-24-46/h1-40H. The Kier molecular flexibility index (Phi) is 10.7. The highest BCUT2D eigenvalue weighted by molar-refractivity contribution is 6.13. The van der Waals surface area contributed by atoms with Gasteiger partial charge in [0.05, 0.1) is 44.6 Å². The van der Waals surface area contributed by atoms with Gasteiger partial charge in [0.15, 0.2) is 0 Å². The van der Waals surface area contributed by atoms with E-state index < -0.39 is 23.5 Å². The first-order valence-electron chi connectivity index (χ1n) is 23.3. The van der Waals surface area contributed by atoms with Crippen LogP contribution in [0.25, 0.3) is 66.1 Å². The van der Waals surface area contributed by atoms with Crippen molar-refractivity contribution in [3.63, 3.8) is 0 Å². The number of para-hydroxylation sites is 6. The van der Waals surface area contributed by atoms with Crippen molar-refractivity contribution >= 4 is 77.7 Å². The molecule has 0 aliphatic rings. The number of hydrogen-bond donors (Lipinski definition) is 0. The van der Waals surface area contributed by atoms with Crippen LogP contribution in [0.15, 0.2) is 243 Å². The highest BCUT2D eigenvalue weighted by atomic mass is 19.4. The average Bonchev–Trinajstić information content (AvgIpc) is 3.91. The van der Waals surface area contributed by atoms with E-state index in [0.717, 1.165) is 79.9 Å². The molecule has 0 saturated carbocycles. The minimum atomic E-state index is -4.82. The van der Waals surface area contributed by atoms with Crippen molar-refractivity contribution in [3.05, 3.63) is 254 Å². The Morgan fingerprint density at radius 2 is 0.569 bits per heavy atom. The molecule has 0 fully saturated rings. The van der Waals surface area contributed by atoms with Crippen LogP contribution < -0.4 is 9.80 Å². The van der Waals surface area contributed by atoms with Crippen LogP contribution in [0.4, 0.5) is 60.5 Å². The minimum Gasteiger partial charge on any atom is -0.310 e. The summed E-state index contributed by atoms with van der Waals surface area (Å²) in [6, 6.07) is 73.4. The van der Waals surface area contributed by atoms with Crippen LogP contribution in [0.2, 0.25) is 0 Å². The normalized spacial score (nSPS) is 12.0. The van der Waals surface area contributed by atoms with E-state index in [-0.39, 0.29) is 22.5 Å². The Balaban J connectivity index is 1.11. The van der Waals surface area contributed by atoms with Gasteiger partial charge in [-0.3, -0.25) is 0 Å². The zero-order chi connectivity index (χ0) is 49.1. The van der Waals surface area contributed by atoms with Crippen molar-refractivity contribution in [2.24, 2.45) is 0 Å². The molecular formula is C62H40F6N4. The molecule has 10 heteroatoms. The van der Waals surface area contributed by atoms with Gasteiger partial charge >= 0.3 is 12.4 Å². The Morgan fingerprint density at radius 3 is 0.903 bits per heavy atom. The molecule has 4 nitrogen and oxygen atoms in total. The van der Waals surface area contributed by atoms with E-state index in [1.54, 1.807) is 0 Å². The second-order valence-corrected chi connectivity index (χ2v) is 17.6. The molecule has 0 N–H and O–H groups in total. The van der Waals surface area contributed by atoms with E-state index in [1.807, 2.05) is 203 Å². The molecule has 2 heterocycles. The Hall–Kier alpha value is -9.02.